The van der Waals surface area contributed by atoms with Crippen molar-refractivity contribution < 1.29 is 4.79 Å². The van der Waals surface area contributed by atoms with Gasteiger partial charge in [-0.2, -0.15) is 0 Å². The maximum Gasteiger partial charge on any atom is 0.146 e. The van der Waals surface area contributed by atoms with E-state index >= 15 is 0 Å². The fourth-order valence-corrected chi connectivity index (χ4v) is 2.92. The van der Waals surface area contributed by atoms with Gasteiger partial charge in [-0.15, -0.1) is 11.8 Å². The second kappa shape index (κ2) is 3.54. The number of benzene rings is 1. The van der Waals surface area contributed by atoms with Gasteiger partial charge >= 0.3 is 0 Å². The Morgan fingerprint density at radius 2 is 2.31 bits per heavy atom. The molecule has 0 aromatic heterocycles. The lowest BCUT2D eigenvalue weighted by molar-refractivity contribution is -0.118. The zero-order chi connectivity index (χ0) is 9.26. The molecule has 0 fully saturated rings. The third kappa shape index (κ3) is 1.63. The lowest BCUT2D eigenvalue weighted by Gasteiger charge is -2.03. The number of rotatable bonds is 2. The average molecular weight is 192 g/mol. The molecule has 0 saturated heterocycles. The first-order valence-electron chi connectivity index (χ1n) is 4.58. The van der Waals surface area contributed by atoms with E-state index in [4.69, 9.17) is 0 Å². The number of carbonyl (C=O) groups excluding carboxylic acids is 1. The van der Waals surface area contributed by atoms with Gasteiger partial charge in [-0.05, 0) is 18.1 Å². The second-order valence-corrected chi connectivity index (χ2v) is 4.48. The third-order valence-corrected chi connectivity index (χ3v) is 3.72. The van der Waals surface area contributed by atoms with E-state index in [1.165, 1.54) is 10.5 Å². The van der Waals surface area contributed by atoms with Crippen molar-refractivity contribution in [1.29, 1.82) is 0 Å². The number of Topliss-reactive ketones (excluding diaryl/α,β-unsaturated/α-hetero) is 1. The molecule has 0 radical (unpaired) electrons. The Morgan fingerprint density at radius 3 is 3.00 bits per heavy atom. The first-order valence-corrected chi connectivity index (χ1v) is 5.46. The molecule has 1 aromatic carbocycles. The molecule has 0 saturated carbocycles. The fraction of sp³-hybridized carbons (Fsp3) is 0.364. The highest BCUT2D eigenvalue weighted by Crippen LogP contribution is 2.37. The molecular weight excluding hydrogens is 180 g/mol. The van der Waals surface area contributed by atoms with E-state index in [1.807, 2.05) is 19.1 Å². The number of thioether (sulfide) groups is 1. The second-order valence-electron chi connectivity index (χ2n) is 3.24. The highest BCUT2D eigenvalue weighted by molar-refractivity contribution is 8.01. The summed E-state index contributed by atoms with van der Waals surface area (Å²) in [7, 11) is 0. The zero-order valence-electron chi connectivity index (χ0n) is 7.62. The molecule has 2 heteroatoms. The topological polar surface area (TPSA) is 17.1 Å². The van der Waals surface area contributed by atoms with Crippen LogP contribution in [0.25, 0.3) is 0 Å². The molecule has 1 aromatic rings. The average Bonchev–Trinajstić information content (AvgIpc) is 2.59. The molecular formula is C11H12OS. The van der Waals surface area contributed by atoms with E-state index in [0.717, 1.165) is 6.42 Å². The minimum atomic E-state index is 0.183. The summed E-state index contributed by atoms with van der Waals surface area (Å²) in [5, 5.41) is 0.183. The van der Waals surface area contributed by atoms with Crippen LogP contribution in [0.3, 0.4) is 0 Å². The van der Waals surface area contributed by atoms with Crippen molar-refractivity contribution in [2.75, 3.05) is 0 Å². The van der Waals surface area contributed by atoms with Gasteiger partial charge in [0, 0.05) is 11.3 Å². The number of fused-ring (bicyclic) bond motifs is 1. The van der Waals surface area contributed by atoms with Crippen LogP contribution in [-0.4, -0.2) is 11.0 Å². The SMILES string of the molecule is CCC(=O)C1Cc2ccccc2S1. The highest BCUT2D eigenvalue weighted by atomic mass is 32.2. The van der Waals surface area contributed by atoms with Crippen LogP contribution in [0, 0.1) is 0 Å². The monoisotopic (exact) mass is 192 g/mol. The van der Waals surface area contributed by atoms with Gasteiger partial charge in [0.05, 0.1) is 5.25 Å². The van der Waals surface area contributed by atoms with Gasteiger partial charge in [-0.1, -0.05) is 25.1 Å². The van der Waals surface area contributed by atoms with E-state index in [-0.39, 0.29) is 5.25 Å². The standard InChI is InChI=1S/C11H12OS/c1-2-9(12)11-7-8-5-3-4-6-10(8)13-11/h3-6,11H,2,7H2,1H3. The van der Waals surface area contributed by atoms with Crippen molar-refractivity contribution in [1.82, 2.24) is 0 Å². The van der Waals surface area contributed by atoms with E-state index in [0.29, 0.717) is 12.2 Å². The van der Waals surface area contributed by atoms with Gasteiger partial charge in [0.15, 0.2) is 0 Å². The van der Waals surface area contributed by atoms with Gasteiger partial charge in [0.1, 0.15) is 5.78 Å². The first-order chi connectivity index (χ1) is 6.31. The molecule has 0 N–H and O–H groups in total. The molecule has 1 nitrogen and oxygen atoms in total. The number of hydrogen-bond donors (Lipinski definition) is 0. The van der Waals surface area contributed by atoms with Gasteiger partial charge in [0.2, 0.25) is 0 Å². The summed E-state index contributed by atoms with van der Waals surface area (Å²) in [5.41, 5.74) is 1.33. The molecule has 0 bridgehead atoms. The van der Waals surface area contributed by atoms with Gasteiger partial charge in [0.25, 0.3) is 0 Å². The zero-order valence-corrected chi connectivity index (χ0v) is 8.43. The van der Waals surface area contributed by atoms with Crippen molar-refractivity contribution in [3.8, 4) is 0 Å². The van der Waals surface area contributed by atoms with Crippen LogP contribution in [0.15, 0.2) is 29.2 Å². The molecule has 1 atom stereocenters. The fourth-order valence-electron chi connectivity index (χ4n) is 1.59. The Hall–Kier alpha value is -0.760. The first kappa shape index (κ1) is 8.82. The van der Waals surface area contributed by atoms with E-state index in [9.17, 15) is 4.79 Å². The van der Waals surface area contributed by atoms with Gasteiger partial charge in [-0.25, -0.2) is 0 Å². The summed E-state index contributed by atoms with van der Waals surface area (Å²) in [6.45, 7) is 1.94. The summed E-state index contributed by atoms with van der Waals surface area (Å²) < 4.78 is 0. The van der Waals surface area contributed by atoms with Crippen LogP contribution in [-0.2, 0) is 11.2 Å². The molecule has 2 rings (SSSR count). The summed E-state index contributed by atoms with van der Waals surface area (Å²) in [5.74, 6) is 0.376. The number of carbonyl (C=O) groups is 1. The van der Waals surface area contributed by atoms with E-state index in [1.54, 1.807) is 11.8 Å². The van der Waals surface area contributed by atoms with E-state index < -0.39 is 0 Å². The molecule has 13 heavy (non-hydrogen) atoms. The summed E-state index contributed by atoms with van der Waals surface area (Å²) in [6, 6.07) is 8.29. The molecule has 1 aliphatic rings. The molecule has 1 aliphatic heterocycles. The van der Waals surface area contributed by atoms with Crippen molar-refractivity contribution >= 4 is 17.5 Å². The van der Waals surface area contributed by atoms with Crippen molar-refractivity contribution in [3.05, 3.63) is 29.8 Å². The normalized spacial score (nSPS) is 19.9. The largest absolute Gasteiger partial charge is 0.298 e. The lowest BCUT2D eigenvalue weighted by Crippen LogP contribution is -2.14. The smallest absolute Gasteiger partial charge is 0.146 e. The van der Waals surface area contributed by atoms with Crippen LogP contribution < -0.4 is 0 Å². The highest BCUT2D eigenvalue weighted by Gasteiger charge is 2.26. The van der Waals surface area contributed by atoms with Crippen molar-refractivity contribution in [2.24, 2.45) is 0 Å². The summed E-state index contributed by atoms with van der Waals surface area (Å²) in [4.78, 5) is 12.7. The Morgan fingerprint density at radius 1 is 1.54 bits per heavy atom. The van der Waals surface area contributed by atoms with Crippen LogP contribution in [0.4, 0.5) is 0 Å². The molecule has 0 amide bonds. The lowest BCUT2D eigenvalue weighted by atomic mass is 10.1. The molecule has 1 heterocycles. The predicted octanol–water partition coefficient (Wildman–Crippen LogP) is 2.68. The van der Waals surface area contributed by atoms with Crippen molar-refractivity contribution in [2.45, 2.75) is 29.9 Å². The van der Waals surface area contributed by atoms with Crippen LogP contribution in [0.5, 0.6) is 0 Å². The number of hydrogen-bond acceptors (Lipinski definition) is 2. The Kier molecular flexibility index (Phi) is 2.40. The Bertz CT molecular complexity index is 308. The predicted molar refractivity (Wildman–Crippen MR) is 55.1 cm³/mol. The number of ketones is 1. The Balaban J connectivity index is 2.18. The van der Waals surface area contributed by atoms with Crippen LogP contribution in [0.1, 0.15) is 18.9 Å². The molecule has 0 aliphatic carbocycles. The van der Waals surface area contributed by atoms with Crippen LogP contribution >= 0.6 is 11.8 Å². The minimum Gasteiger partial charge on any atom is -0.298 e. The third-order valence-electron chi connectivity index (χ3n) is 2.35. The molecule has 1 unspecified atom stereocenters. The van der Waals surface area contributed by atoms with Gasteiger partial charge < -0.3 is 0 Å². The Labute approximate surface area is 82.5 Å². The molecule has 0 spiro atoms. The van der Waals surface area contributed by atoms with Crippen molar-refractivity contribution in [3.63, 3.8) is 0 Å². The quantitative estimate of drug-likeness (QED) is 0.716. The molecule has 68 valence electrons. The summed E-state index contributed by atoms with van der Waals surface area (Å²) in [6.07, 6.45) is 1.58. The maximum absolute atomic E-state index is 11.5. The van der Waals surface area contributed by atoms with Gasteiger partial charge in [-0.3, -0.25) is 4.79 Å². The maximum atomic E-state index is 11.5. The summed E-state index contributed by atoms with van der Waals surface area (Å²) >= 11 is 1.72. The minimum absolute atomic E-state index is 0.183. The van der Waals surface area contributed by atoms with Crippen LogP contribution in [0.2, 0.25) is 0 Å². The van der Waals surface area contributed by atoms with E-state index in [2.05, 4.69) is 12.1 Å².